The van der Waals surface area contributed by atoms with E-state index in [1.165, 1.54) is 0 Å². The predicted molar refractivity (Wildman–Crippen MR) is 79.1 cm³/mol. The fourth-order valence-corrected chi connectivity index (χ4v) is 1.56. The Morgan fingerprint density at radius 3 is 2.90 bits per heavy atom. The lowest BCUT2D eigenvalue weighted by Crippen LogP contribution is -2.24. The van der Waals surface area contributed by atoms with Gasteiger partial charge in [0.05, 0.1) is 0 Å². The van der Waals surface area contributed by atoms with Crippen molar-refractivity contribution in [1.29, 1.82) is 0 Å². The first-order valence-electron chi connectivity index (χ1n) is 6.48. The van der Waals surface area contributed by atoms with Crippen LogP contribution in [0.2, 0.25) is 0 Å². The van der Waals surface area contributed by atoms with Crippen molar-refractivity contribution >= 4 is 11.9 Å². The van der Waals surface area contributed by atoms with Crippen LogP contribution in [0.5, 0.6) is 0 Å². The van der Waals surface area contributed by atoms with E-state index < -0.39 is 6.09 Å². The van der Waals surface area contributed by atoms with Crippen LogP contribution in [0.1, 0.15) is 17.7 Å². The van der Waals surface area contributed by atoms with Crippen molar-refractivity contribution < 1.29 is 9.53 Å². The van der Waals surface area contributed by atoms with Crippen molar-refractivity contribution in [2.24, 2.45) is 0 Å². The molecule has 4 N–H and O–H groups in total. The number of carbonyl (C=O) groups is 1. The number of aromatic amines is 1. The van der Waals surface area contributed by atoms with Crippen LogP contribution >= 0.6 is 0 Å². The van der Waals surface area contributed by atoms with E-state index in [-0.39, 0.29) is 6.61 Å². The normalized spacial score (nSPS) is 9.52. The molecule has 0 saturated carbocycles. The van der Waals surface area contributed by atoms with Gasteiger partial charge in [-0.05, 0) is 11.5 Å². The summed E-state index contributed by atoms with van der Waals surface area (Å²) >= 11 is 0. The first-order chi connectivity index (χ1) is 10.2. The average molecular weight is 284 g/mol. The minimum Gasteiger partial charge on any atom is -0.445 e. The van der Waals surface area contributed by atoms with Crippen molar-refractivity contribution in [2.45, 2.75) is 13.0 Å². The minimum atomic E-state index is -0.452. The number of nitrogens with one attached hydrogen (secondary N) is 2. The monoisotopic (exact) mass is 284 g/mol. The van der Waals surface area contributed by atoms with Crippen LogP contribution in [0.4, 0.5) is 10.6 Å². The molecular weight excluding hydrogens is 268 g/mol. The SMILES string of the molecule is Nc1cc(C#CCCNC(=O)OCc2ccccc2)[nH]n1. The lowest BCUT2D eigenvalue weighted by Gasteiger charge is -2.05. The van der Waals surface area contributed by atoms with Gasteiger partial charge in [-0.2, -0.15) is 5.10 Å². The number of rotatable bonds is 4. The van der Waals surface area contributed by atoms with E-state index in [2.05, 4.69) is 27.4 Å². The third-order valence-corrected chi connectivity index (χ3v) is 2.55. The van der Waals surface area contributed by atoms with Gasteiger partial charge in [0.15, 0.2) is 0 Å². The molecule has 2 aromatic rings. The lowest BCUT2D eigenvalue weighted by molar-refractivity contribution is 0.140. The highest BCUT2D eigenvalue weighted by atomic mass is 16.5. The number of hydrogen-bond acceptors (Lipinski definition) is 4. The Kier molecular flexibility index (Phi) is 5.24. The number of amides is 1. The second-order valence-corrected chi connectivity index (χ2v) is 4.25. The summed E-state index contributed by atoms with van der Waals surface area (Å²) in [6.45, 7) is 0.677. The van der Waals surface area contributed by atoms with Crippen LogP contribution in [0, 0.1) is 11.8 Å². The summed E-state index contributed by atoms with van der Waals surface area (Å²) in [7, 11) is 0. The molecule has 0 saturated heterocycles. The van der Waals surface area contributed by atoms with Gasteiger partial charge in [0.25, 0.3) is 0 Å². The number of alkyl carbamates (subject to hydrolysis) is 1. The molecule has 0 unspecified atom stereocenters. The van der Waals surface area contributed by atoms with Crippen molar-refractivity contribution in [2.75, 3.05) is 12.3 Å². The predicted octanol–water partition coefficient (Wildman–Crippen LogP) is 1.66. The van der Waals surface area contributed by atoms with E-state index in [0.29, 0.717) is 24.5 Å². The number of ether oxygens (including phenoxy) is 1. The maximum atomic E-state index is 11.4. The number of benzene rings is 1. The zero-order chi connectivity index (χ0) is 14.9. The Morgan fingerprint density at radius 1 is 1.38 bits per heavy atom. The second-order valence-electron chi connectivity index (χ2n) is 4.25. The zero-order valence-electron chi connectivity index (χ0n) is 11.4. The molecule has 2 rings (SSSR count). The summed E-state index contributed by atoms with van der Waals surface area (Å²) < 4.78 is 5.07. The molecule has 0 fully saturated rings. The van der Waals surface area contributed by atoms with Crippen molar-refractivity contribution in [1.82, 2.24) is 15.5 Å². The third kappa shape index (κ3) is 5.28. The molecule has 108 valence electrons. The quantitative estimate of drug-likeness (QED) is 0.588. The molecule has 0 aliphatic rings. The highest BCUT2D eigenvalue weighted by molar-refractivity contribution is 5.67. The van der Waals surface area contributed by atoms with Crippen LogP contribution in [0.3, 0.4) is 0 Å². The third-order valence-electron chi connectivity index (χ3n) is 2.55. The Labute approximate surface area is 122 Å². The number of anilines is 1. The van der Waals surface area contributed by atoms with E-state index in [9.17, 15) is 4.79 Å². The number of nitrogen functional groups attached to an aromatic ring is 1. The van der Waals surface area contributed by atoms with Gasteiger partial charge >= 0.3 is 6.09 Å². The van der Waals surface area contributed by atoms with Gasteiger partial charge in [0.1, 0.15) is 18.1 Å². The Bertz CT molecular complexity index is 640. The van der Waals surface area contributed by atoms with Crippen molar-refractivity contribution in [3.8, 4) is 11.8 Å². The summed E-state index contributed by atoms with van der Waals surface area (Å²) in [6, 6.07) is 11.1. The van der Waals surface area contributed by atoms with E-state index in [0.717, 1.165) is 5.56 Å². The number of aromatic nitrogens is 2. The Hall–Kier alpha value is -2.94. The largest absolute Gasteiger partial charge is 0.445 e. The fourth-order valence-electron chi connectivity index (χ4n) is 1.56. The van der Waals surface area contributed by atoms with Crippen LogP contribution in [-0.2, 0) is 11.3 Å². The summed E-state index contributed by atoms with van der Waals surface area (Å²) in [5, 5.41) is 9.07. The van der Waals surface area contributed by atoms with Gasteiger partial charge in [0.2, 0.25) is 0 Å². The molecule has 0 bridgehead atoms. The molecule has 6 heteroatoms. The van der Waals surface area contributed by atoms with Crippen LogP contribution < -0.4 is 11.1 Å². The molecule has 1 aromatic carbocycles. The summed E-state index contributed by atoms with van der Waals surface area (Å²) in [5.41, 5.74) is 7.05. The molecule has 1 aromatic heterocycles. The van der Waals surface area contributed by atoms with Crippen LogP contribution in [0.25, 0.3) is 0 Å². The average Bonchev–Trinajstić information content (AvgIpc) is 2.91. The molecule has 0 aliphatic heterocycles. The van der Waals surface area contributed by atoms with E-state index >= 15 is 0 Å². The molecule has 21 heavy (non-hydrogen) atoms. The molecule has 1 amide bonds. The molecule has 1 heterocycles. The topological polar surface area (TPSA) is 93.0 Å². The van der Waals surface area contributed by atoms with Crippen molar-refractivity contribution in [3.05, 3.63) is 47.7 Å². The maximum Gasteiger partial charge on any atom is 0.407 e. The number of nitrogens with zero attached hydrogens (tertiary/aromatic N) is 1. The minimum absolute atomic E-state index is 0.256. The first kappa shape index (κ1) is 14.5. The molecule has 0 radical (unpaired) electrons. The standard InChI is InChI=1S/C15H16N4O2/c16-14-10-13(18-19-14)8-4-5-9-17-15(20)21-11-12-6-2-1-3-7-12/h1-3,6-7,10H,5,9,11H2,(H,17,20)(H3,16,18,19). The molecule has 0 aliphatic carbocycles. The molecule has 0 atom stereocenters. The summed E-state index contributed by atoms with van der Waals surface area (Å²) in [4.78, 5) is 11.4. The van der Waals surface area contributed by atoms with Crippen molar-refractivity contribution in [3.63, 3.8) is 0 Å². The van der Waals surface area contributed by atoms with Crippen LogP contribution in [0.15, 0.2) is 36.4 Å². The fraction of sp³-hybridized carbons (Fsp3) is 0.200. The smallest absolute Gasteiger partial charge is 0.407 e. The summed E-state index contributed by atoms with van der Waals surface area (Å²) in [6.07, 6.45) is 0.0609. The van der Waals surface area contributed by atoms with Gasteiger partial charge in [0, 0.05) is 19.0 Å². The summed E-state index contributed by atoms with van der Waals surface area (Å²) in [5.74, 6) is 6.16. The molecule has 6 nitrogen and oxygen atoms in total. The number of nitrogens with two attached hydrogens (primary N) is 1. The van der Waals surface area contributed by atoms with E-state index in [4.69, 9.17) is 10.5 Å². The van der Waals surface area contributed by atoms with Gasteiger partial charge < -0.3 is 15.8 Å². The zero-order valence-corrected chi connectivity index (χ0v) is 11.4. The highest BCUT2D eigenvalue weighted by Gasteiger charge is 2.00. The van der Waals surface area contributed by atoms with Crippen LogP contribution in [-0.4, -0.2) is 22.8 Å². The Morgan fingerprint density at radius 2 is 2.19 bits per heavy atom. The lowest BCUT2D eigenvalue weighted by atomic mass is 10.2. The molecular formula is C15H16N4O2. The number of carbonyl (C=O) groups excluding carboxylic acids is 1. The Balaban J connectivity index is 1.62. The van der Waals surface area contributed by atoms with E-state index in [1.807, 2.05) is 30.3 Å². The number of hydrogen-bond donors (Lipinski definition) is 3. The van der Waals surface area contributed by atoms with E-state index in [1.54, 1.807) is 6.07 Å². The molecule has 0 spiro atoms. The highest BCUT2D eigenvalue weighted by Crippen LogP contribution is 2.00. The first-order valence-corrected chi connectivity index (χ1v) is 6.48. The second kappa shape index (κ2) is 7.60. The van der Waals surface area contributed by atoms with Gasteiger partial charge in [-0.3, -0.25) is 5.10 Å². The van der Waals surface area contributed by atoms with Gasteiger partial charge in [-0.25, -0.2) is 4.79 Å². The number of H-pyrrole nitrogens is 1. The van der Waals surface area contributed by atoms with Gasteiger partial charge in [-0.1, -0.05) is 36.3 Å². The maximum absolute atomic E-state index is 11.4. The van der Waals surface area contributed by atoms with Gasteiger partial charge in [-0.15, -0.1) is 0 Å².